The van der Waals surface area contributed by atoms with Crippen LogP contribution in [-0.4, -0.2) is 29.4 Å². The minimum absolute atomic E-state index is 0.125. The number of hydrogen-bond donors (Lipinski definition) is 2. The summed E-state index contributed by atoms with van der Waals surface area (Å²) in [7, 11) is 0. The van der Waals surface area contributed by atoms with Gasteiger partial charge < -0.3 is 20.1 Å². The molecule has 0 atom stereocenters. The van der Waals surface area contributed by atoms with E-state index in [4.69, 9.17) is 10.2 Å². The van der Waals surface area contributed by atoms with E-state index in [2.05, 4.69) is 6.92 Å². The monoisotopic (exact) mass is 317 g/mol. The molecule has 0 rings (SSSR count). The molecule has 0 unspecified atom stereocenters. The van der Waals surface area contributed by atoms with Crippen LogP contribution in [0.5, 0.6) is 0 Å². The maximum atomic E-state index is 10.2. The molecule has 0 aliphatic rings. The quantitative estimate of drug-likeness (QED) is 0.455. The Kier molecular flexibility index (Phi) is 24.4. The van der Waals surface area contributed by atoms with Crippen LogP contribution in [0.3, 0.4) is 0 Å². The molecule has 0 radical (unpaired) electrons. The normalized spacial score (nSPS) is 10.1. The largest absolute Gasteiger partial charge is 0.550 e. The van der Waals surface area contributed by atoms with Gasteiger partial charge in [0.25, 0.3) is 0 Å². The Morgan fingerprint density at radius 2 is 1.00 bits per heavy atom. The number of aliphatic hydroxyl groups is 2. The van der Waals surface area contributed by atoms with Crippen LogP contribution in [0.1, 0.15) is 96.8 Å². The van der Waals surface area contributed by atoms with E-state index in [1.165, 1.54) is 70.6 Å². The van der Waals surface area contributed by atoms with Crippen LogP contribution in [-0.2, 0) is 4.79 Å². The summed E-state index contributed by atoms with van der Waals surface area (Å²) in [5.74, 6) is -0.905. The smallest absolute Gasteiger partial charge is 0.0662 e. The van der Waals surface area contributed by atoms with Gasteiger partial charge in [0.2, 0.25) is 0 Å². The molecule has 0 aliphatic carbocycles. The second-order valence-electron chi connectivity index (χ2n) is 5.81. The van der Waals surface area contributed by atoms with Gasteiger partial charge in [0, 0.05) is 5.97 Å². The van der Waals surface area contributed by atoms with Gasteiger partial charge in [-0.05, 0) is 12.8 Å². The Balaban J connectivity index is 0. The van der Waals surface area contributed by atoms with Gasteiger partial charge in [-0.2, -0.15) is 0 Å². The average molecular weight is 317 g/mol. The number of aliphatic hydroxyl groups excluding tert-OH is 2. The van der Waals surface area contributed by atoms with Gasteiger partial charge in [0.1, 0.15) is 0 Å². The Labute approximate surface area is 136 Å². The summed E-state index contributed by atoms with van der Waals surface area (Å²) in [6.45, 7) is 2.01. The molecule has 0 spiro atoms. The van der Waals surface area contributed by atoms with Crippen molar-refractivity contribution in [1.82, 2.24) is 0 Å². The molecule has 0 heterocycles. The summed E-state index contributed by atoms with van der Waals surface area (Å²) < 4.78 is 0. The fraction of sp³-hybridized carbons (Fsp3) is 0.944. The zero-order valence-electron chi connectivity index (χ0n) is 14.5. The van der Waals surface area contributed by atoms with Gasteiger partial charge in [0.15, 0.2) is 0 Å². The van der Waals surface area contributed by atoms with E-state index < -0.39 is 5.97 Å². The van der Waals surface area contributed by atoms with Crippen molar-refractivity contribution >= 4 is 5.97 Å². The number of carboxylic acid groups (broad SMARTS) is 1. The molecule has 4 heteroatoms. The van der Waals surface area contributed by atoms with E-state index in [0.29, 0.717) is 0 Å². The molecule has 0 aromatic carbocycles. The van der Waals surface area contributed by atoms with Crippen molar-refractivity contribution in [3.63, 3.8) is 0 Å². The number of carboxylic acids is 1. The third-order valence-electron chi connectivity index (χ3n) is 3.58. The summed E-state index contributed by atoms with van der Waals surface area (Å²) in [6.07, 6.45) is 16.9. The lowest BCUT2D eigenvalue weighted by Crippen LogP contribution is -2.21. The first-order valence-corrected chi connectivity index (χ1v) is 9.10. The van der Waals surface area contributed by atoms with Gasteiger partial charge in [-0.25, -0.2) is 0 Å². The van der Waals surface area contributed by atoms with E-state index in [0.717, 1.165) is 12.8 Å². The van der Waals surface area contributed by atoms with E-state index in [1.54, 1.807) is 0 Å². The van der Waals surface area contributed by atoms with Gasteiger partial charge in [-0.3, -0.25) is 0 Å². The van der Waals surface area contributed by atoms with Crippen LogP contribution in [0.15, 0.2) is 0 Å². The summed E-state index contributed by atoms with van der Waals surface area (Å²) in [6, 6.07) is 0. The van der Waals surface area contributed by atoms with Crippen molar-refractivity contribution in [2.75, 3.05) is 13.2 Å². The standard InChI is InChI=1S/C16H32O2.C2H6O2/c1-2-3-4-5-6-7-8-9-10-11-12-13-14-15-16(17)18;3-1-2-4/h2-15H2,1H3,(H,17,18);3-4H,1-2H2/p-1. The third-order valence-corrected chi connectivity index (χ3v) is 3.58. The van der Waals surface area contributed by atoms with Gasteiger partial charge in [-0.15, -0.1) is 0 Å². The lowest BCUT2D eigenvalue weighted by Gasteiger charge is -2.03. The van der Waals surface area contributed by atoms with Crippen molar-refractivity contribution in [2.45, 2.75) is 96.8 Å². The van der Waals surface area contributed by atoms with Gasteiger partial charge >= 0.3 is 0 Å². The van der Waals surface area contributed by atoms with Crippen molar-refractivity contribution < 1.29 is 20.1 Å². The Morgan fingerprint density at radius 1 is 0.682 bits per heavy atom. The predicted octanol–water partition coefficient (Wildman–Crippen LogP) is 3.19. The molecular formula is C18H37O4-. The highest BCUT2D eigenvalue weighted by atomic mass is 16.4. The number of carbonyl (C=O) groups excluding carboxylic acids is 1. The lowest BCUT2D eigenvalue weighted by molar-refractivity contribution is -0.305. The van der Waals surface area contributed by atoms with Crippen molar-refractivity contribution in [1.29, 1.82) is 0 Å². The highest BCUT2D eigenvalue weighted by Crippen LogP contribution is 2.12. The molecule has 0 aliphatic heterocycles. The highest BCUT2D eigenvalue weighted by molar-refractivity contribution is 5.63. The molecule has 0 bridgehead atoms. The minimum Gasteiger partial charge on any atom is -0.550 e. The van der Waals surface area contributed by atoms with Crippen LogP contribution in [0.25, 0.3) is 0 Å². The third kappa shape index (κ3) is 27.7. The van der Waals surface area contributed by atoms with Crippen LogP contribution >= 0.6 is 0 Å². The molecule has 0 fully saturated rings. The first-order chi connectivity index (χ1) is 10.7. The van der Waals surface area contributed by atoms with Gasteiger partial charge in [-0.1, -0.05) is 84.0 Å². The van der Waals surface area contributed by atoms with Crippen molar-refractivity contribution in [3.05, 3.63) is 0 Å². The Hall–Kier alpha value is -0.610. The van der Waals surface area contributed by atoms with Crippen LogP contribution in [0.4, 0.5) is 0 Å². The second-order valence-corrected chi connectivity index (χ2v) is 5.81. The Bertz CT molecular complexity index is 205. The molecule has 134 valence electrons. The molecule has 0 amide bonds. The average Bonchev–Trinajstić information content (AvgIpc) is 2.52. The molecule has 0 aromatic heterocycles. The molecule has 2 N–H and O–H groups in total. The number of aliphatic carboxylic acids is 1. The van der Waals surface area contributed by atoms with E-state index in [9.17, 15) is 9.90 Å². The number of carbonyl (C=O) groups is 1. The maximum absolute atomic E-state index is 10.2. The zero-order valence-corrected chi connectivity index (χ0v) is 14.5. The maximum Gasteiger partial charge on any atom is 0.0662 e. The minimum atomic E-state index is -0.905. The fourth-order valence-electron chi connectivity index (χ4n) is 2.29. The first-order valence-electron chi connectivity index (χ1n) is 9.10. The summed E-state index contributed by atoms with van der Waals surface area (Å²) in [5.41, 5.74) is 0. The van der Waals surface area contributed by atoms with Crippen LogP contribution in [0, 0.1) is 0 Å². The predicted molar refractivity (Wildman–Crippen MR) is 89.5 cm³/mol. The molecule has 0 aromatic rings. The number of hydrogen-bond acceptors (Lipinski definition) is 4. The summed E-state index contributed by atoms with van der Waals surface area (Å²) >= 11 is 0. The number of rotatable bonds is 15. The van der Waals surface area contributed by atoms with E-state index in [-0.39, 0.29) is 19.6 Å². The van der Waals surface area contributed by atoms with Crippen molar-refractivity contribution in [2.24, 2.45) is 0 Å². The SMILES string of the molecule is CCCCCCCCCCCCCCCC(=O)[O-].OCCO. The topological polar surface area (TPSA) is 80.6 Å². The zero-order chi connectivity index (χ0) is 16.9. The molecule has 0 saturated carbocycles. The molecule has 4 nitrogen and oxygen atoms in total. The first kappa shape index (κ1) is 23.7. The highest BCUT2D eigenvalue weighted by Gasteiger charge is 1.93. The van der Waals surface area contributed by atoms with Crippen LogP contribution in [0.2, 0.25) is 0 Å². The van der Waals surface area contributed by atoms with Crippen LogP contribution < -0.4 is 5.11 Å². The molecule has 0 saturated heterocycles. The number of unbranched alkanes of at least 4 members (excludes halogenated alkanes) is 12. The Morgan fingerprint density at radius 3 is 1.27 bits per heavy atom. The van der Waals surface area contributed by atoms with E-state index in [1.807, 2.05) is 0 Å². The molecule has 22 heavy (non-hydrogen) atoms. The molecular weight excluding hydrogens is 280 g/mol. The van der Waals surface area contributed by atoms with E-state index >= 15 is 0 Å². The fourth-order valence-corrected chi connectivity index (χ4v) is 2.29. The second kappa shape index (κ2) is 22.7. The van der Waals surface area contributed by atoms with Gasteiger partial charge in [0.05, 0.1) is 13.2 Å². The summed E-state index contributed by atoms with van der Waals surface area (Å²) in [4.78, 5) is 10.2. The lowest BCUT2D eigenvalue weighted by atomic mass is 10.0. The van der Waals surface area contributed by atoms with Crippen molar-refractivity contribution in [3.8, 4) is 0 Å². The summed E-state index contributed by atoms with van der Waals surface area (Å²) in [5, 5.41) is 25.4.